The highest BCUT2D eigenvalue weighted by Crippen LogP contribution is 2.27. The zero-order chi connectivity index (χ0) is 10.9. The summed E-state index contributed by atoms with van der Waals surface area (Å²) in [4.78, 5) is 0. The normalized spacial score (nSPS) is 15.2. The number of hydrogen-bond donors (Lipinski definition) is 3. The van der Waals surface area contributed by atoms with Crippen LogP contribution in [0.15, 0.2) is 12.1 Å². The number of nitrogens with two attached hydrogens (primary N) is 1. The molecule has 0 unspecified atom stereocenters. The lowest BCUT2D eigenvalue weighted by atomic mass is 10.0. The molecule has 1 aromatic carbocycles. The molecule has 1 aromatic rings. The number of rotatable bonds is 2. The van der Waals surface area contributed by atoms with Gasteiger partial charge in [0.25, 0.3) is 0 Å². The van der Waals surface area contributed by atoms with Crippen molar-refractivity contribution >= 4 is 0 Å². The summed E-state index contributed by atoms with van der Waals surface area (Å²) in [5.74, 6) is -2.71. The molecule has 0 aliphatic rings. The van der Waals surface area contributed by atoms with Gasteiger partial charge in [0.2, 0.25) is 0 Å². The summed E-state index contributed by atoms with van der Waals surface area (Å²) in [7, 11) is 0. The van der Waals surface area contributed by atoms with Gasteiger partial charge in [-0.3, -0.25) is 0 Å². The molecule has 2 atom stereocenters. The van der Waals surface area contributed by atoms with Gasteiger partial charge in [0, 0.05) is 11.6 Å². The van der Waals surface area contributed by atoms with Gasteiger partial charge < -0.3 is 15.9 Å². The quantitative estimate of drug-likeness (QED) is 0.673. The average molecular weight is 203 g/mol. The molecule has 78 valence electrons. The number of phenolic OH excluding ortho intramolecular Hbond substituents is 1. The molecule has 0 aromatic heterocycles. The van der Waals surface area contributed by atoms with E-state index in [1.165, 1.54) is 6.92 Å². The summed E-state index contributed by atoms with van der Waals surface area (Å²) in [5, 5.41) is 18.3. The molecule has 1 rings (SSSR count). The van der Waals surface area contributed by atoms with E-state index in [0.717, 1.165) is 6.07 Å². The van der Waals surface area contributed by atoms with E-state index < -0.39 is 29.5 Å². The highest BCUT2D eigenvalue weighted by molar-refractivity contribution is 5.36. The molecule has 0 aliphatic heterocycles. The van der Waals surface area contributed by atoms with Crippen molar-refractivity contribution < 1.29 is 19.0 Å². The number of aromatic hydroxyl groups is 1. The summed E-state index contributed by atoms with van der Waals surface area (Å²) < 4.78 is 25.3. The minimum Gasteiger partial charge on any atom is -0.507 e. The van der Waals surface area contributed by atoms with Crippen LogP contribution in [0.5, 0.6) is 5.75 Å². The van der Waals surface area contributed by atoms with Crippen LogP contribution in [0.25, 0.3) is 0 Å². The van der Waals surface area contributed by atoms with Crippen molar-refractivity contribution in [2.45, 2.75) is 19.1 Å². The summed E-state index contributed by atoms with van der Waals surface area (Å²) >= 11 is 0. The fourth-order valence-corrected chi connectivity index (χ4v) is 1.08. The van der Waals surface area contributed by atoms with Gasteiger partial charge >= 0.3 is 0 Å². The van der Waals surface area contributed by atoms with Crippen LogP contribution in [0, 0.1) is 11.6 Å². The van der Waals surface area contributed by atoms with Gasteiger partial charge in [0.05, 0.1) is 12.1 Å². The first kappa shape index (κ1) is 10.9. The van der Waals surface area contributed by atoms with Crippen molar-refractivity contribution in [3.8, 4) is 5.75 Å². The Labute approximate surface area is 79.8 Å². The molecule has 0 aliphatic carbocycles. The van der Waals surface area contributed by atoms with Crippen LogP contribution in [0.3, 0.4) is 0 Å². The maximum atomic E-state index is 12.8. The summed E-state index contributed by atoms with van der Waals surface area (Å²) in [5.41, 5.74) is 5.44. The van der Waals surface area contributed by atoms with Gasteiger partial charge in [-0.2, -0.15) is 0 Å². The molecule has 0 radical (unpaired) electrons. The molecule has 0 saturated carbocycles. The third kappa shape index (κ3) is 2.00. The number of aliphatic hydroxyl groups is 1. The topological polar surface area (TPSA) is 66.5 Å². The number of phenols is 1. The highest BCUT2D eigenvalue weighted by atomic mass is 19.2. The second-order valence-corrected chi connectivity index (χ2v) is 3.09. The fraction of sp³-hybridized carbons (Fsp3) is 0.333. The molecule has 0 saturated heterocycles. The monoisotopic (exact) mass is 203 g/mol. The Morgan fingerprint density at radius 2 is 1.79 bits per heavy atom. The van der Waals surface area contributed by atoms with Crippen molar-refractivity contribution in [3.63, 3.8) is 0 Å². The maximum Gasteiger partial charge on any atom is 0.162 e. The van der Waals surface area contributed by atoms with E-state index in [-0.39, 0.29) is 5.56 Å². The van der Waals surface area contributed by atoms with Crippen molar-refractivity contribution in [1.82, 2.24) is 0 Å². The van der Waals surface area contributed by atoms with Crippen molar-refractivity contribution in [1.29, 1.82) is 0 Å². The van der Waals surface area contributed by atoms with Crippen LogP contribution in [0.4, 0.5) is 8.78 Å². The van der Waals surface area contributed by atoms with Crippen molar-refractivity contribution in [2.75, 3.05) is 0 Å². The van der Waals surface area contributed by atoms with E-state index >= 15 is 0 Å². The van der Waals surface area contributed by atoms with E-state index in [1.54, 1.807) is 0 Å². The molecule has 0 bridgehead atoms. The zero-order valence-electron chi connectivity index (χ0n) is 7.54. The molecule has 0 heterocycles. The molecule has 4 N–H and O–H groups in total. The first-order chi connectivity index (χ1) is 6.43. The van der Waals surface area contributed by atoms with Gasteiger partial charge in [-0.15, -0.1) is 0 Å². The van der Waals surface area contributed by atoms with Crippen LogP contribution < -0.4 is 5.73 Å². The Morgan fingerprint density at radius 3 is 2.29 bits per heavy atom. The van der Waals surface area contributed by atoms with Crippen LogP contribution >= 0.6 is 0 Å². The molecule has 14 heavy (non-hydrogen) atoms. The van der Waals surface area contributed by atoms with E-state index in [1.807, 2.05) is 0 Å². The lowest BCUT2D eigenvalue weighted by molar-refractivity contribution is 0.162. The van der Waals surface area contributed by atoms with Crippen LogP contribution in [0.1, 0.15) is 18.5 Å². The Bertz CT molecular complexity index is 342. The standard InChI is InChI=1S/C9H11F2NO2/c1-4(13)9(12)5-2-6(10)7(11)3-8(5)14/h2-4,9,13-14H,12H2,1H3/t4-,9+/m1/s1. The van der Waals surface area contributed by atoms with Crippen molar-refractivity contribution in [3.05, 3.63) is 29.3 Å². The van der Waals surface area contributed by atoms with Gasteiger partial charge in [-0.1, -0.05) is 0 Å². The zero-order valence-corrected chi connectivity index (χ0v) is 7.54. The fourth-order valence-electron chi connectivity index (χ4n) is 1.08. The van der Waals surface area contributed by atoms with Gasteiger partial charge in [0.15, 0.2) is 11.6 Å². The molecule has 3 nitrogen and oxygen atoms in total. The largest absolute Gasteiger partial charge is 0.507 e. The molecule has 0 spiro atoms. The van der Waals surface area contributed by atoms with E-state index in [4.69, 9.17) is 10.8 Å². The SMILES string of the molecule is C[C@@H](O)[C@H](N)c1cc(F)c(F)cc1O. The predicted molar refractivity (Wildman–Crippen MR) is 46.6 cm³/mol. The lowest BCUT2D eigenvalue weighted by Crippen LogP contribution is -2.23. The van der Waals surface area contributed by atoms with Crippen molar-refractivity contribution in [2.24, 2.45) is 5.73 Å². The molecule has 0 amide bonds. The van der Waals surface area contributed by atoms with E-state index in [0.29, 0.717) is 6.07 Å². The summed E-state index contributed by atoms with van der Waals surface area (Å²) in [6, 6.07) is 0.472. The van der Waals surface area contributed by atoms with Crippen LogP contribution in [-0.2, 0) is 0 Å². The minimum atomic E-state index is -1.15. The lowest BCUT2D eigenvalue weighted by Gasteiger charge is -2.16. The number of benzene rings is 1. The summed E-state index contributed by atoms with van der Waals surface area (Å²) in [6.45, 7) is 1.39. The molecule has 5 heteroatoms. The third-order valence-electron chi connectivity index (χ3n) is 1.95. The number of aliphatic hydroxyl groups excluding tert-OH is 1. The maximum absolute atomic E-state index is 12.8. The average Bonchev–Trinajstić information content (AvgIpc) is 2.10. The van der Waals surface area contributed by atoms with E-state index in [9.17, 15) is 13.9 Å². The number of halogens is 2. The van der Waals surface area contributed by atoms with E-state index in [2.05, 4.69) is 0 Å². The second-order valence-electron chi connectivity index (χ2n) is 3.09. The molecule has 0 fully saturated rings. The first-order valence-electron chi connectivity index (χ1n) is 4.05. The first-order valence-corrected chi connectivity index (χ1v) is 4.05. The second kappa shape index (κ2) is 3.89. The smallest absolute Gasteiger partial charge is 0.162 e. The predicted octanol–water partition coefficient (Wildman–Crippen LogP) is 1.05. The Balaban J connectivity index is 3.15. The summed E-state index contributed by atoms with van der Waals surface area (Å²) in [6.07, 6.45) is -0.953. The Kier molecular flexibility index (Phi) is 3.03. The van der Waals surface area contributed by atoms with Gasteiger partial charge in [-0.05, 0) is 13.0 Å². The molecular formula is C9H11F2NO2. The third-order valence-corrected chi connectivity index (χ3v) is 1.95. The Morgan fingerprint density at radius 1 is 1.29 bits per heavy atom. The van der Waals surface area contributed by atoms with Gasteiger partial charge in [-0.25, -0.2) is 8.78 Å². The Hall–Kier alpha value is -1.20. The molecular weight excluding hydrogens is 192 g/mol. The van der Waals surface area contributed by atoms with Gasteiger partial charge in [0.1, 0.15) is 5.75 Å². The van der Waals surface area contributed by atoms with Crippen LogP contribution in [0.2, 0.25) is 0 Å². The highest BCUT2D eigenvalue weighted by Gasteiger charge is 2.18. The number of hydrogen-bond acceptors (Lipinski definition) is 3. The minimum absolute atomic E-state index is 0.0149. The van der Waals surface area contributed by atoms with Crippen LogP contribution in [-0.4, -0.2) is 16.3 Å².